The van der Waals surface area contributed by atoms with Gasteiger partial charge in [-0.25, -0.2) is 8.42 Å². The van der Waals surface area contributed by atoms with Crippen LogP contribution in [0, 0.1) is 17.8 Å². The van der Waals surface area contributed by atoms with Crippen LogP contribution < -0.4 is 10.0 Å². The molecule has 0 saturated heterocycles. The molecule has 1 heterocycles. The number of anilines is 1. The maximum Gasteiger partial charge on any atom is 0.262 e. The summed E-state index contributed by atoms with van der Waals surface area (Å²) in [4.78, 5) is 17.0. The lowest BCUT2D eigenvalue weighted by Gasteiger charge is -2.21. The molecule has 152 valence electrons. The zero-order chi connectivity index (χ0) is 19.6. The molecule has 3 atom stereocenters. The third kappa shape index (κ3) is 4.57. The predicted octanol–water partition coefficient (Wildman–Crippen LogP) is 3.70. The molecule has 2 aliphatic carbocycles. The van der Waals surface area contributed by atoms with Gasteiger partial charge >= 0.3 is 0 Å². The van der Waals surface area contributed by atoms with Gasteiger partial charge in [-0.2, -0.15) is 0 Å². The smallest absolute Gasteiger partial charge is 0.262 e. The van der Waals surface area contributed by atoms with Gasteiger partial charge in [0, 0.05) is 25.1 Å². The second-order valence-electron chi connectivity index (χ2n) is 8.46. The second kappa shape index (κ2) is 8.23. The molecule has 2 saturated carbocycles. The van der Waals surface area contributed by atoms with Gasteiger partial charge in [-0.05, 0) is 68.1 Å². The molecular weight excluding hydrogens is 374 g/mol. The predicted molar refractivity (Wildman–Crippen MR) is 110 cm³/mol. The molecule has 0 spiro atoms. The molecule has 1 aromatic rings. The fraction of sp³-hybridized carbons (Fsp3) is 0.619. The van der Waals surface area contributed by atoms with E-state index in [4.69, 9.17) is 0 Å². The van der Waals surface area contributed by atoms with Crippen molar-refractivity contribution in [2.75, 3.05) is 11.9 Å². The summed E-state index contributed by atoms with van der Waals surface area (Å²) in [5.74, 6) is 2.51. The Kier molecular flexibility index (Phi) is 5.71. The van der Waals surface area contributed by atoms with Gasteiger partial charge in [0.2, 0.25) is 5.91 Å². The molecule has 1 aliphatic heterocycles. The van der Waals surface area contributed by atoms with Crippen LogP contribution in [0.3, 0.4) is 0 Å². The van der Waals surface area contributed by atoms with E-state index in [1.54, 1.807) is 18.2 Å². The summed E-state index contributed by atoms with van der Waals surface area (Å²) in [5, 5.41) is 2.89. The van der Waals surface area contributed by atoms with Crippen LogP contribution >= 0.6 is 0 Å². The molecule has 0 radical (unpaired) electrons. The van der Waals surface area contributed by atoms with Gasteiger partial charge in [0.1, 0.15) is 5.84 Å². The normalized spacial score (nSPS) is 27.1. The molecule has 1 amide bonds. The van der Waals surface area contributed by atoms with Gasteiger partial charge in [0.05, 0.1) is 4.90 Å². The average molecular weight is 404 g/mol. The number of nitrogens with one attached hydrogen (secondary N) is 2. The van der Waals surface area contributed by atoms with Crippen molar-refractivity contribution in [2.24, 2.45) is 22.7 Å². The van der Waals surface area contributed by atoms with E-state index in [1.807, 2.05) is 0 Å². The highest BCUT2D eigenvalue weighted by atomic mass is 32.2. The summed E-state index contributed by atoms with van der Waals surface area (Å²) in [6.45, 7) is 0.664. The van der Waals surface area contributed by atoms with Crippen LogP contribution in [-0.4, -0.2) is 26.7 Å². The Labute approximate surface area is 167 Å². The SMILES string of the molecule is O=C(C[C@@H]1C[C@H]2CC[C@@H]1C2)Nc1cccc(S(=O)(=O)NC2=NCCCCC2)c1. The average Bonchev–Trinajstić information content (AvgIpc) is 3.18. The first-order valence-corrected chi connectivity index (χ1v) is 11.9. The van der Waals surface area contributed by atoms with Crippen LogP contribution in [0.1, 0.15) is 57.8 Å². The Hall–Kier alpha value is -1.89. The number of amidine groups is 1. The topological polar surface area (TPSA) is 87.6 Å². The lowest BCUT2D eigenvalue weighted by Crippen LogP contribution is -2.30. The van der Waals surface area contributed by atoms with Gasteiger partial charge in [0.25, 0.3) is 10.0 Å². The van der Waals surface area contributed by atoms with Crippen molar-refractivity contribution in [3.8, 4) is 0 Å². The molecule has 6 nitrogen and oxygen atoms in total. The van der Waals surface area contributed by atoms with E-state index in [0.29, 0.717) is 42.7 Å². The van der Waals surface area contributed by atoms with Crippen LogP contribution in [0.2, 0.25) is 0 Å². The Morgan fingerprint density at radius 2 is 2.04 bits per heavy atom. The van der Waals surface area contributed by atoms with Crippen molar-refractivity contribution >= 4 is 27.5 Å². The molecule has 2 N–H and O–H groups in total. The molecule has 4 rings (SSSR count). The van der Waals surface area contributed by atoms with Crippen molar-refractivity contribution < 1.29 is 13.2 Å². The van der Waals surface area contributed by atoms with Gasteiger partial charge in [-0.15, -0.1) is 0 Å². The standard InChI is InChI=1S/C21H29N3O3S/c25-21(13-17-12-15-8-9-16(17)11-15)23-18-5-4-6-19(14-18)28(26,27)24-20-7-2-1-3-10-22-20/h4-6,14-17H,1-3,7-13H2,(H,22,24)(H,23,25)/t15-,16+,17-/m0/s1. The summed E-state index contributed by atoms with van der Waals surface area (Å²) in [5.41, 5.74) is 0.527. The minimum atomic E-state index is -3.70. The van der Waals surface area contributed by atoms with Gasteiger partial charge in [0.15, 0.2) is 0 Å². The monoisotopic (exact) mass is 403 g/mol. The number of hydrogen-bond donors (Lipinski definition) is 2. The van der Waals surface area contributed by atoms with E-state index in [1.165, 1.54) is 31.7 Å². The summed E-state index contributed by atoms with van der Waals surface area (Å²) in [6.07, 6.45) is 9.22. The number of aliphatic imine (C=N–C) groups is 1. The summed E-state index contributed by atoms with van der Waals surface area (Å²) >= 11 is 0. The largest absolute Gasteiger partial charge is 0.326 e. The summed E-state index contributed by atoms with van der Waals surface area (Å²) < 4.78 is 28.0. The second-order valence-corrected chi connectivity index (χ2v) is 10.1. The number of hydrogen-bond acceptors (Lipinski definition) is 4. The van der Waals surface area contributed by atoms with Crippen LogP contribution in [0.5, 0.6) is 0 Å². The van der Waals surface area contributed by atoms with E-state index in [-0.39, 0.29) is 10.8 Å². The van der Waals surface area contributed by atoms with Gasteiger partial charge in [-0.3, -0.25) is 14.5 Å². The van der Waals surface area contributed by atoms with Crippen LogP contribution in [0.4, 0.5) is 5.69 Å². The number of rotatable bonds is 5. The number of sulfonamides is 1. The molecule has 0 aromatic heterocycles. The first kappa shape index (κ1) is 19.4. The number of benzene rings is 1. The highest BCUT2D eigenvalue weighted by Crippen LogP contribution is 2.49. The molecule has 3 aliphatic rings. The van der Waals surface area contributed by atoms with E-state index in [9.17, 15) is 13.2 Å². The maximum atomic E-state index is 12.7. The molecular formula is C21H29N3O3S. The first-order chi connectivity index (χ1) is 13.5. The molecule has 2 bridgehead atoms. The number of amides is 1. The third-order valence-electron chi connectivity index (χ3n) is 6.39. The lowest BCUT2D eigenvalue weighted by molar-refractivity contribution is -0.117. The highest BCUT2D eigenvalue weighted by molar-refractivity contribution is 7.90. The van der Waals surface area contributed by atoms with E-state index < -0.39 is 10.0 Å². The molecule has 28 heavy (non-hydrogen) atoms. The van der Waals surface area contributed by atoms with Crippen LogP contribution in [-0.2, 0) is 14.8 Å². The Bertz CT molecular complexity index is 865. The fourth-order valence-corrected chi connectivity index (χ4v) is 6.12. The molecule has 2 fully saturated rings. The Balaban J connectivity index is 1.39. The fourth-order valence-electron chi connectivity index (χ4n) is 4.99. The minimum Gasteiger partial charge on any atom is -0.326 e. The molecule has 7 heteroatoms. The zero-order valence-corrected chi connectivity index (χ0v) is 17.0. The Morgan fingerprint density at radius 3 is 2.82 bits per heavy atom. The number of carbonyl (C=O) groups is 1. The lowest BCUT2D eigenvalue weighted by atomic mass is 9.86. The van der Waals surface area contributed by atoms with Gasteiger partial charge < -0.3 is 5.32 Å². The van der Waals surface area contributed by atoms with Gasteiger partial charge in [-0.1, -0.05) is 18.9 Å². The van der Waals surface area contributed by atoms with E-state index in [0.717, 1.165) is 25.2 Å². The van der Waals surface area contributed by atoms with Crippen molar-refractivity contribution in [2.45, 2.75) is 62.7 Å². The van der Waals surface area contributed by atoms with Crippen molar-refractivity contribution in [3.63, 3.8) is 0 Å². The highest BCUT2D eigenvalue weighted by Gasteiger charge is 2.40. The third-order valence-corrected chi connectivity index (χ3v) is 7.77. The quantitative estimate of drug-likeness (QED) is 0.786. The van der Waals surface area contributed by atoms with Crippen molar-refractivity contribution in [3.05, 3.63) is 24.3 Å². The maximum absolute atomic E-state index is 12.7. The van der Waals surface area contributed by atoms with Crippen LogP contribution in [0.25, 0.3) is 0 Å². The Morgan fingerprint density at radius 1 is 1.14 bits per heavy atom. The van der Waals surface area contributed by atoms with E-state index in [2.05, 4.69) is 15.0 Å². The number of nitrogens with zero attached hydrogens (tertiary/aromatic N) is 1. The van der Waals surface area contributed by atoms with E-state index >= 15 is 0 Å². The zero-order valence-electron chi connectivity index (χ0n) is 16.2. The first-order valence-electron chi connectivity index (χ1n) is 10.5. The molecule has 0 unspecified atom stereocenters. The molecule has 1 aromatic carbocycles. The summed E-state index contributed by atoms with van der Waals surface area (Å²) in [6, 6.07) is 6.47. The van der Waals surface area contributed by atoms with Crippen LogP contribution in [0.15, 0.2) is 34.2 Å². The number of fused-ring (bicyclic) bond motifs is 2. The van der Waals surface area contributed by atoms with Crippen molar-refractivity contribution in [1.29, 1.82) is 0 Å². The summed E-state index contributed by atoms with van der Waals surface area (Å²) in [7, 11) is -3.70. The minimum absolute atomic E-state index is 0.0202. The number of carbonyl (C=O) groups excluding carboxylic acids is 1. The van der Waals surface area contributed by atoms with Crippen molar-refractivity contribution in [1.82, 2.24) is 4.72 Å².